The second-order valence-electron chi connectivity index (χ2n) is 4.95. The summed E-state index contributed by atoms with van der Waals surface area (Å²) in [6, 6.07) is 6.18. The average Bonchev–Trinajstić information content (AvgIpc) is 2.44. The number of rotatable bonds is 2. The molecule has 3 rings (SSSR count). The van der Waals surface area contributed by atoms with Gasteiger partial charge in [0.1, 0.15) is 0 Å². The first kappa shape index (κ1) is 11.8. The summed E-state index contributed by atoms with van der Waals surface area (Å²) in [6.07, 6.45) is 10.6. The van der Waals surface area contributed by atoms with Gasteiger partial charge in [0.05, 0.1) is 0 Å². The lowest BCUT2D eigenvalue weighted by Crippen LogP contribution is -2.07. The molecule has 2 aromatic rings. The van der Waals surface area contributed by atoms with Gasteiger partial charge in [-0.05, 0) is 31.0 Å². The maximum Gasteiger partial charge on any atom is 0.0395 e. The number of benzene rings is 1. The molecule has 1 aromatic heterocycles. The van der Waals surface area contributed by atoms with E-state index in [-0.39, 0.29) is 0 Å². The second kappa shape index (κ2) is 5.19. The molecule has 18 heavy (non-hydrogen) atoms. The summed E-state index contributed by atoms with van der Waals surface area (Å²) in [5, 5.41) is 3.10. The van der Waals surface area contributed by atoms with Gasteiger partial charge in [0.2, 0.25) is 0 Å². The number of thioether (sulfide) groups is 1. The van der Waals surface area contributed by atoms with Crippen LogP contribution in [0.3, 0.4) is 0 Å². The Morgan fingerprint density at radius 1 is 1.06 bits per heavy atom. The van der Waals surface area contributed by atoms with E-state index in [0.717, 1.165) is 16.3 Å². The molecule has 3 heteroatoms. The molecule has 1 aliphatic rings. The van der Waals surface area contributed by atoms with Crippen molar-refractivity contribution in [2.24, 2.45) is 0 Å². The first-order valence-electron chi connectivity index (χ1n) is 6.63. The van der Waals surface area contributed by atoms with Crippen LogP contribution in [0.5, 0.6) is 0 Å². The number of nitrogens with two attached hydrogens (primary N) is 1. The molecule has 0 radical (unpaired) electrons. The fourth-order valence-electron chi connectivity index (χ4n) is 2.65. The lowest BCUT2D eigenvalue weighted by Gasteiger charge is -2.21. The van der Waals surface area contributed by atoms with Crippen LogP contribution in [0.2, 0.25) is 0 Å². The number of anilines is 1. The van der Waals surface area contributed by atoms with Gasteiger partial charge < -0.3 is 5.73 Å². The summed E-state index contributed by atoms with van der Waals surface area (Å²) in [5.41, 5.74) is 6.87. The Bertz CT molecular complexity index is 547. The van der Waals surface area contributed by atoms with Crippen LogP contribution < -0.4 is 5.73 Å². The minimum atomic E-state index is 0.769. The molecular weight excluding hydrogens is 240 g/mol. The smallest absolute Gasteiger partial charge is 0.0395 e. The quantitative estimate of drug-likeness (QED) is 0.819. The maximum absolute atomic E-state index is 6.02. The molecule has 1 aliphatic carbocycles. The van der Waals surface area contributed by atoms with Crippen LogP contribution in [0.4, 0.5) is 5.69 Å². The Hall–Kier alpha value is -1.22. The summed E-state index contributed by atoms with van der Waals surface area (Å²) in [7, 11) is 0. The molecule has 0 amide bonds. The number of hydrogen-bond acceptors (Lipinski definition) is 3. The molecular formula is C15H18N2S. The van der Waals surface area contributed by atoms with Gasteiger partial charge in [0.25, 0.3) is 0 Å². The number of nitrogen functional groups attached to an aromatic ring is 1. The summed E-state index contributed by atoms with van der Waals surface area (Å²) < 4.78 is 0. The fourth-order valence-corrected chi connectivity index (χ4v) is 4.02. The van der Waals surface area contributed by atoms with E-state index in [4.69, 9.17) is 5.73 Å². The van der Waals surface area contributed by atoms with E-state index < -0.39 is 0 Å². The van der Waals surface area contributed by atoms with E-state index >= 15 is 0 Å². The molecule has 0 unspecified atom stereocenters. The molecule has 1 heterocycles. The zero-order valence-electron chi connectivity index (χ0n) is 10.4. The fraction of sp³-hybridized carbons (Fsp3) is 0.400. The normalized spacial score (nSPS) is 17.1. The van der Waals surface area contributed by atoms with Crippen LogP contribution in [0.1, 0.15) is 32.1 Å². The van der Waals surface area contributed by atoms with Crippen molar-refractivity contribution in [1.82, 2.24) is 4.98 Å². The van der Waals surface area contributed by atoms with Crippen molar-refractivity contribution in [3.8, 4) is 0 Å². The minimum absolute atomic E-state index is 0.769. The van der Waals surface area contributed by atoms with Gasteiger partial charge in [-0.2, -0.15) is 0 Å². The highest BCUT2D eigenvalue weighted by atomic mass is 32.2. The first-order chi connectivity index (χ1) is 8.84. The number of pyridine rings is 1. The van der Waals surface area contributed by atoms with Crippen molar-refractivity contribution in [2.45, 2.75) is 42.2 Å². The number of fused-ring (bicyclic) bond motifs is 1. The van der Waals surface area contributed by atoms with Gasteiger partial charge in [0.15, 0.2) is 0 Å². The Morgan fingerprint density at radius 2 is 1.89 bits per heavy atom. The topological polar surface area (TPSA) is 38.9 Å². The van der Waals surface area contributed by atoms with Crippen molar-refractivity contribution >= 4 is 28.2 Å². The first-order valence-corrected chi connectivity index (χ1v) is 7.51. The lowest BCUT2D eigenvalue weighted by atomic mass is 10.0. The Balaban J connectivity index is 1.94. The summed E-state index contributed by atoms with van der Waals surface area (Å²) >= 11 is 2.01. The third-order valence-electron chi connectivity index (χ3n) is 3.66. The molecule has 1 fully saturated rings. The number of hydrogen-bond donors (Lipinski definition) is 1. The van der Waals surface area contributed by atoms with E-state index in [9.17, 15) is 0 Å². The van der Waals surface area contributed by atoms with Crippen LogP contribution in [0.25, 0.3) is 10.8 Å². The SMILES string of the molecule is Nc1ccc(SC2CCCCC2)c2cnccc12. The predicted molar refractivity (Wildman–Crippen MR) is 78.9 cm³/mol. The molecule has 0 aliphatic heterocycles. The van der Waals surface area contributed by atoms with Crippen molar-refractivity contribution in [3.63, 3.8) is 0 Å². The maximum atomic E-state index is 6.02. The molecule has 0 spiro atoms. The average molecular weight is 258 g/mol. The number of nitrogens with zero attached hydrogens (tertiary/aromatic N) is 1. The molecule has 2 nitrogen and oxygen atoms in total. The van der Waals surface area contributed by atoms with Gasteiger partial charge in [-0.25, -0.2) is 0 Å². The van der Waals surface area contributed by atoms with E-state index in [1.807, 2.05) is 36.3 Å². The highest BCUT2D eigenvalue weighted by molar-refractivity contribution is 8.00. The Kier molecular flexibility index (Phi) is 3.41. The molecule has 0 saturated heterocycles. The Labute approximate surface area is 112 Å². The summed E-state index contributed by atoms with van der Waals surface area (Å²) in [6.45, 7) is 0. The van der Waals surface area contributed by atoms with Crippen LogP contribution in [0, 0.1) is 0 Å². The van der Waals surface area contributed by atoms with Crippen LogP contribution in [-0.4, -0.2) is 10.2 Å². The minimum Gasteiger partial charge on any atom is -0.398 e. The van der Waals surface area contributed by atoms with E-state index in [2.05, 4.69) is 11.1 Å². The molecule has 2 N–H and O–H groups in total. The van der Waals surface area contributed by atoms with Gasteiger partial charge in [0, 0.05) is 39.0 Å². The third kappa shape index (κ3) is 2.32. The van der Waals surface area contributed by atoms with Crippen molar-refractivity contribution < 1.29 is 0 Å². The highest BCUT2D eigenvalue weighted by Gasteiger charge is 2.16. The van der Waals surface area contributed by atoms with E-state index in [1.165, 1.54) is 42.4 Å². The highest BCUT2D eigenvalue weighted by Crippen LogP contribution is 2.38. The number of aromatic nitrogens is 1. The molecule has 94 valence electrons. The van der Waals surface area contributed by atoms with Crippen LogP contribution in [-0.2, 0) is 0 Å². The van der Waals surface area contributed by atoms with Crippen molar-refractivity contribution in [3.05, 3.63) is 30.6 Å². The molecule has 1 saturated carbocycles. The van der Waals surface area contributed by atoms with Gasteiger partial charge in [-0.1, -0.05) is 19.3 Å². The molecule has 1 aromatic carbocycles. The summed E-state index contributed by atoms with van der Waals surface area (Å²) in [4.78, 5) is 5.57. The van der Waals surface area contributed by atoms with Gasteiger partial charge in [-0.15, -0.1) is 11.8 Å². The largest absolute Gasteiger partial charge is 0.398 e. The standard InChI is InChI=1S/C15H18N2S/c16-14-6-7-15(13-10-17-9-8-12(13)14)18-11-4-2-1-3-5-11/h6-11H,1-5,16H2. The van der Waals surface area contributed by atoms with E-state index in [0.29, 0.717) is 0 Å². The van der Waals surface area contributed by atoms with Crippen LogP contribution in [0.15, 0.2) is 35.5 Å². The third-order valence-corrected chi connectivity index (χ3v) is 5.07. The molecule has 0 atom stereocenters. The van der Waals surface area contributed by atoms with Crippen molar-refractivity contribution in [1.29, 1.82) is 0 Å². The zero-order valence-corrected chi connectivity index (χ0v) is 11.2. The predicted octanol–water partition coefficient (Wildman–Crippen LogP) is 4.24. The summed E-state index contributed by atoms with van der Waals surface area (Å²) in [5.74, 6) is 0. The molecule has 0 bridgehead atoms. The monoisotopic (exact) mass is 258 g/mol. The van der Waals surface area contributed by atoms with Crippen molar-refractivity contribution in [2.75, 3.05) is 5.73 Å². The zero-order chi connectivity index (χ0) is 12.4. The van der Waals surface area contributed by atoms with E-state index in [1.54, 1.807) is 0 Å². The lowest BCUT2D eigenvalue weighted by molar-refractivity contribution is 0.516. The van der Waals surface area contributed by atoms with Gasteiger partial charge >= 0.3 is 0 Å². The van der Waals surface area contributed by atoms with Gasteiger partial charge in [-0.3, -0.25) is 4.98 Å². The van der Waals surface area contributed by atoms with Crippen LogP contribution >= 0.6 is 11.8 Å². The Morgan fingerprint density at radius 3 is 2.72 bits per heavy atom. The second-order valence-corrected chi connectivity index (χ2v) is 6.29.